The van der Waals surface area contributed by atoms with E-state index in [0.29, 0.717) is 0 Å². The molecule has 0 amide bonds. The van der Waals surface area contributed by atoms with E-state index >= 15 is 0 Å². The van der Waals surface area contributed by atoms with Gasteiger partial charge in [0, 0.05) is 0 Å². The summed E-state index contributed by atoms with van der Waals surface area (Å²) in [5.74, 6) is 0. The minimum atomic E-state index is 0.864. The summed E-state index contributed by atoms with van der Waals surface area (Å²) in [6, 6.07) is 0. The van der Waals surface area contributed by atoms with Crippen molar-refractivity contribution in [2.24, 2.45) is 0 Å². The molecule has 0 aliphatic rings. The predicted molar refractivity (Wildman–Crippen MR) is 26.8 cm³/mol. The van der Waals surface area contributed by atoms with Crippen LogP contribution in [0.3, 0.4) is 0 Å². The molecular weight excluding hydrogens is 120 g/mol. The Hall–Kier alpha value is 0.596. The van der Waals surface area contributed by atoms with Crippen molar-refractivity contribution in [2.75, 3.05) is 6.54 Å². The summed E-state index contributed by atoms with van der Waals surface area (Å²) < 4.78 is 3.20. The van der Waals surface area contributed by atoms with Crippen LogP contribution in [0.4, 0.5) is 0 Å². The first-order valence-electron chi connectivity index (χ1n) is 2.06. The maximum absolute atomic E-state index is 3.20. The fourth-order valence-corrected chi connectivity index (χ4v) is 1.30. The molecule has 1 N–H and O–H groups in total. The number of hydrogen-bond donors (Lipinski definition) is 1. The molecule has 0 bridgehead atoms. The summed E-state index contributed by atoms with van der Waals surface area (Å²) in [6.45, 7) is 3.40. The van der Waals surface area contributed by atoms with Gasteiger partial charge in [-0.15, -0.1) is 0 Å². The average Bonchev–Trinajstić information content (AvgIpc) is 1.41. The van der Waals surface area contributed by atoms with Gasteiger partial charge < -0.3 is 0 Å². The molecule has 2 heteroatoms. The van der Waals surface area contributed by atoms with Crippen molar-refractivity contribution in [1.82, 2.24) is 4.02 Å². The van der Waals surface area contributed by atoms with E-state index in [1.54, 1.807) is 0 Å². The van der Waals surface area contributed by atoms with E-state index in [0.717, 1.165) is 18.8 Å². The third kappa shape index (κ3) is 4.60. The second kappa shape index (κ2) is 4.60. The fraction of sp³-hybridized carbons (Fsp3) is 1.00. The normalized spacial score (nSPS) is 8.20. The molecule has 0 aromatic rings. The Morgan fingerprint density at radius 2 is 2.40 bits per heavy atom. The first-order valence-corrected chi connectivity index (χ1v) is 4.16. The predicted octanol–water partition coefficient (Wildman–Crippen LogP) is -0.466. The second-order valence-corrected chi connectivity index (χ2v) is 2.59. The van der Waals surface area contributed by atoms with Crippen LogP contribution in [-0.4, -0.2) is 25.4 Å². The van der Waals surface area contributed by atoms with E-state index in [1.165, 1.54) is 13.0 Å². The fourth-order valence-electron chi connectivity index (χ4n) is 0.250. The molecule has 1 nitrogen and oxygen atoms in total. The van der Waals surface area contributed by atoms with Crippen LogP contribution in [0, 0.1) is 0 Å². The summed E-state index contributed by atoms with van der Waals surface area (Å²) >= 11 is 0.864. The summed E-state index contributed by atoms with van der Waals surface area (Å²) in [6.07, 6.45) is 1.28. The zero-order valence-electron chi connectivity index (χ0n) is 3.91. The standard InChI is InChI=1S/C3H8N.Ga.2H/c1-2-3-4;;;/h4H,2-3H2,1H3;;;/q-1;+1;;. The van der Waals surface area contributed by atoms with Crippen molar-refractivity contribution in [3.05, 3.63) is 0 Å². The van der Waals surface area contributed by atoms with Crippen LogP contribution in [0.15, 0.2) is 0 Å². The molecule has 0 radical (unpaired) electrons. The number of hydrogen-bond acceptors (Lipinski definition) is 1. The van der Waals surface area contributed by atoms with Crippen LogP contribution in [0.2, 0.25) is 0 Å². The third-order valence-electron chi connectivity index (χ3n) is 0.500. The molecule has 0 rings (SSSR count). The molecule has 30 valence electrons. The molecule has 0 aromatic heterocycles. The van der Waals surface area contributed by atoms with Crippen molar-refractivity contribution in [3.8, 4) is 0 Å². The Morgan fingerprint density at radius 3 is 2.40 bits per heavy atom. The molecule has 0 atom stereocenters. The molecule has 0 aromatic carbocycles. The van der Waals surface area contributed by atoms with Gasteiger partial charge in [0.1, 0.15) is 0 Å². The summed E-state index contributed by atoms with van der Waals surface area (Å²) in [4.78, 5) is 0. The van der Waals surface area contributed by atoms with Crippen molar-refractivity contribution in [2.45, 2.75) is 13.3 Å². The van der Waals surface area contributed by atoms with Crippen LogP contribution < -0.4 is 4.02 Å². The van der Waals surface area contributed by atoms with Crippen LogP contribution in [0.25, 0.3) is 0 Å². The molecule has 0 saturated heterocycles. The average molecular weight is 130 g/mol. The molecule has 5 heavy (non-hydrogen) atoms. The Labute approximate surface area is 43.3 Å². The second-order valence-electron chi connectivity index (χ2n) is 1.10. The SMILES string of the molecule is CCC[NH][GaH2]. The van der Waals surface area contributed by atoms with Crippen LogP contribution >= 0.6 is 0 Å². The topological polar surface area (TPSA) is 12.0 Å². The minimum absolute atomic E-state index is 0.864. The van der Waals surface area contributed by atoms with Crippen molar-refractivity contribution in [3.63, 3.8) is 0 Å². The monoisotopic (exact) mass is 129 g/mol. The Morgan fingerprint density at radius 1 is 1.80 bits per heavy atom. The zero-order valence-corrected chi connectivity index (χ0v) is 8.11. The van der Waals surface area contributed by atoms with E-state index in [4.69, 9.17) is 0 Å². The van der Waals surface area contributed by atoms with Crippen molar-refractivity contribution < 1.29 is 0 Å². The van der Waals surface area contributed by atoms with Crippen LogP contribution in [-0.2, 0) is 0 Å². The van der Waals surface area contributed by atoms with Gasteiger partial charge in [0.2, 0.25) is 0 Å². The maximum atomic E-state index is 3.20. The van der Waals surface area contributed by atoms with Gasteiger partial charge in [0.15, 0.2) is 0 Å². The van der Waals surface area contributed by atoms with Crippen LogP contribution in [0.1, 0.15) is 13.3 Å². The molecule has 0 saturated carbocycles. The zero-order chi connectivity index (χ0) is 4.12. The number of rotatable bonds is 2. The van der Waals surface area contributed by atoms with Crippen molar-refractivity contribution >= 4 is 18.8 Å². The van der Waals surface area contributed by atoms with Gasteiger partial charge in [0.05, 0.1) is 0 Å². The molecular formula is C3H10GaN. The van der Waals surface area contributed by atoms with Gasteiger partial charge in [-0.3, -0.25) is 0 Å². The molecule has 0 aliphatic carbocycles. The Balaban J connectivity index is 2.19. The summed E-state index contributed by atoms with van der Waals surface area (Å²) in [5.41, 5.74) is 0. The summed E-state index contributed by atoms with van der Waals surface area (Å²) in [5, 5.41) is 0. The molecule has 0 heterocycles. The van der Waals surface area contributed by atoms with E-state index in [2.05, 4.69) is 10.9 Å². The van der Waals surface area contributed by atoms with Gasteiger partial charge in [-0.2, -0.15) is 0 Å². The van der Waals surface area contributed by atoms with E-state index in [9.17, 15) is 0 Å². The van der Waals surface area contributed by atoms with Crippen LogP contribution in [0.5, 0.6) is 0 Å². The van der Waals surface area contributed by atoms with Crippen molar-refractivity contribution in [1.29, 1.82) is 0 Å². The first-order chi connectivity index (χ1) is 2.41. The van der Waals surface area contributed by atoms with Gasteiger partial charge in [-0.05, 0) is 0 Å². The molecule has 0 unspecified atom stereocenters. The Kier molecular flexibility index (Phi) is 5.14. The Bertz CT molecular complexity index is 14.4. The van der Waals surface area contributed by atoms with Gasteiger partial charge >= 0.3 is 42.8 Å². The number of nitrogens with one attached hydrogen (secondary N) is 1. The van der Waals surface area contributed by atoms with Gasteiger partial charge in [-0.1, -0.05) is 0 Å². The summed E-state index contributed by atoms with van der Waals surface area (Å²) in [7, 11) is 0. The van der Waals surface area contributed by atoms with Gasteiger partial charge in [-0.25, -0.2) is 0 Å². The molecule has 0 fully saturated rings. The third-order valence-corrected chi connectivity index (χ3v) is 1.55. The van der Waals surface area contributed by atoms with Gasteiger partial charge in [0.25, 0.3) is 0 Å². The first kappa shape index (κ1) is 5.60. The molecule has 0 aliphatic heterocycles. The van der Waals surface area contributed by atoms with E-state index < -0.39 is 0 Å². The quantitative estimate of drug-likeness (QED) is 0.498. The van der Waals surface area contributed by atoms with E-state index in [1.807, 2.05) is 0 Å². The molecule has 0 spiro atoms. The van der Waals surface area contributed by atoms with E-state index in [-0.39, 0.29) is 0 Å².